The van der Waals surface area contributed by atoms with Crippen molar-refractivity contribution in [2.24, 2.45) is 0 Å². The molecule has 0 atom stereocenters. The van der Waals surface area contributed by atoms with Gasteiger partial charge in [0.1, 0.15) is 10.1 Å². The number of carbonyl (C=O) groups is 2. The molecule has 2 amide bonds. The number of thioether (sulfide) groups is 1. The minimum absolute atomic E-state index is 0.0388. The van der Waals surface area contributed by atoms with Crippen LogP contribution in [0.15, 0.2) is 29.2 Å². The number of rotatable bonds is 11. The zero-order valence-electron chi connectivity index (χ0n) is 16.5. The van der Waals surface area contributed by atoms with E-state index in [1.54, 1.807) is 12.0 Å². The van der Waals surface area contributed by atoms with Gasteiger partial charge in [0.15, 0.2) is 0 Å². The highest BCUT2D eigenvalue weighted by Crippen LogP contribution is 2.33. The number of unbranched alkanes of at least 4 members (excludes halogenated alkanes) is 3. The Morgan fingerprint density at radius 1 is 1.21 bits per heavy atom. The third-order valence-corrected chi connectivity index (χ3v) is 5.80. The Kier molecular flexibility index (Phi) is 9.50. The molecule has 152 valence electrons. The van der Waals surface area contributed by atoms with E-state index < -0.39 is 0 Å². The molecule has 1 saturated heterocycles. The lowest BCUT2D eigenvalue weighted by molar-refractivity contribution is -0.122. The van der Waals surface area contributed by atoms with Crippen LogP contribution in [0.25, 0.3) is 6.08 Å². The van der Waals surface area contributed by atoms with Crippen molar-refractivity contribution in [1.29, 1.82) is 0 Å². The van der Waals surface area contributed by atoms with Crippen LogP contribution in [-0.4, -0.2) is 41.2 Å². The summed E-state index contributed by atoms with van der Waals surface area (Å²) in [5.74, 6) is 0.855. The molecule has 1 aromatic carbocycles. The SMILES string of the molecule is CCCCNC(=O)CCCCCN1C(=O)C(=Cc2ccc(OC)cc2)SC1=S. The molecule has 0 radical (unpaired) electrons. The third-order valence-electron chi connectivity index (χ3n) is 4.43. The van der Waals surface area contributed by atoms with Crippen LogP contribution in [0.4, 0.5) is 0 Å². The molecule has 0 saturated carbocycles. The summed E-state index contributed by atoms with van der Waals surface area (Å²) in [6.45, 7) is 3.46. The highest BCUT2D eigenvalue weighted by Gasteiger charge is 2.31. The van der Waals surface area contributed by atoms with Gasteiger partial charge < -0.3 is 10.1 Å². The van der Waals surface area contributed by atoms with Crippen molar-refractivity contribution in [2.75, 3.05) is 20.2 Å². The topological polar surface area (TPSA) is 58.6 Å². The summed E-state index contributed by atoms with van der Waals surface area (Å²) in [7, 11) is 1.62. The molecule has 1 heterocycles. The van der Waals surface area contributed by atoms with Crippen molar-refractivity contribution in [3.63, 3.8) is 0 Å². The molecule has 1 aliphatic rings. The summed E-state index contributed by atoms with van der Waals surface area (Å²) in [5, 5.41) is 2.92. The van der Waals surface area contributed by atoms with Crippen LogP contribution < -0.4 is 10.1 Å². The van der Waals surface area contributed by atoms with E-state index in [4.69, 9.17) is 17.0 Å². The van der Waals surface area contributed by atoms with Crippen molar-refractivity contribution < 1.29 is 14.3 Å². The normalized spacial score (nSPS) is 15.4. The first-order valence-corrected chi connectivity index (χ1v) is 10.9. The number of ether oxygens (including phenoxy) is 1. The second-order valence-electron chi connectivity index (χ2n) is 6.62. The number of hydrogen-bond acceptors (Lipinski definition) is 5. The van der Waals surface area contributed by atoms with E-state index in [-0.39, 0.29) is 11.8 Å². The van der Waals surface area contributed by atoms with Gasteiger partial charge in [0.25, 0.3) is 5.91 Å². The average Bonchev–Trinajstić information content (AvgIpc) is 2.95. The number of benzene rings is 1. The van der Waals surface area contributed by atoms with Gasteiger partial charge in [-0.2, -0.15) is 0 Å². The highest BCUT2D eigenvalue weighted by molar-refractivity contribution is 8.26. The fraction of sp³-hybridized carbons (Fsp3) is 0.476. The molecule has 0 spiro atoms. The van der Waals surface area contributed by atoms with Gasteiger partial charge in [0.05, 0.1) is 12.0 Å². The Balaban J connectivity index is 1.75. The number of hydrogen-bond donors (Lipinski definition) is 1. The molecule has 7 heteroatoms. The van der Waals surface area contributed by atoms with Crippen molar-refractivity contribution >= 4 is 46.2 Å². The average molecular weight is 421 g/mol. The van der Waals surface area contributed by atoms with Gasteiger partial charge >= 0.3 is 0 Å². The zero-order valence-corrected chi connectivity index (χ0v) is 18.2. The third kappa shape index (κ3) is 6.95. The van der Waals surface area contributed by atoms with Gasteiger partial charge in [-0.05, 0) is 43.0 Å². The number of carbonyl (C=O) groups excluding carboxylic acids is 2. The lowest BCUT2D eigenvalue weighted by Gasteiger charge is -2.14. The largest absolute Gasteiger partial charge is 0.497 e. The molecule has 1 fully saturated rings. The number of amides is 2. The fourth-order valence-corrected chi connectivity index (χ4v) is 4.08. The maximum Gasteiger partial charge on any atom is 0.266 e. The monoisotopic (exact) mass is 420 g/mol. The summed E-state index contributed by atoms with van der Waals surface area (Å²) >= 11 is 6.71. The van der Waals surface area contributed by atoms with E-state index in [9.17, 15) is 9.59 Å². The van der Waals surface area contributed by atoms with Crippen LogP contribution >= 0.6 is 24.0 Å². The maximum absolute atomic E-state index is 12.6. The van der Waals surface area contributed by atoms with Gasteiger partial charge in [0, 0.05) is 19.5 Å². The van der Waals surface area contributed by atoms with Crippen LogP contribution in [-0.2, 0) is 9.59 Å². The van der Waals surface area contributed by atoms with Gasteiger partial charge in [-0.1, -0.05) is 55.9 Å². The molecule has 0 bridgehead atoms. The Hall–Kier alpha value is -1.86. The molecular formula is C21H28N2O3S2. The van der Waals surface area contributed by atoms with Crippen molar-refractivity contribution in [3.05, 3.63) is 34.7 Å². The molecule has 0 unspecified atom stereocenters. The zero-order chi connectivity index (χ0) is 20.4. The highest BCUT2D eigenvalue weighted by atomic mass is 32.2. The lowest BCUT2D eigenvalue weighted by Crippen LogP contribution is -2.29. The van der Waals surface area contributed by atoms with E-state index in [2.05, 4.69) is 12.2 Å². The molecule has 0 aliphatic carbocycles. The molecule has 1 aromatic rings. The van der Waals surface area contributed by atoms with E-state index >= 15 is 0 Å². The molecule has 5 nitrogen and oxygen atoms in total. The lowest BCUT2D eigenvalue weighted by atomic mass is 10.1. The first kappa shape index (κ1) is 22.4. The van der Waals surface area contributed by atoms with Crippen LogP contribution in [0.5, 0.6) is 5.75 Å². The van der Waals surface area contributed by atoms with Crippen LogP contribution in [0.3, 0.4) is 0 Å². The second kappa shape index (κ2) is 11.9. The van der Waals surface area contributed by atoms with E-state index in [0.29, 0.717) is 22.2 Å². The molecule has 2 rings (SSSR count). The van der Waals surface area contributed by atoms with Crippen LogP contribution in [0.1, 0.15) is 51.0 Å². The van der Waals surface area contributed by atoms with E-state index in [1.807, 2.05) is 30.3 Å². The smallest absolute Gasteiger partial charge is 0.266 e. The predicted molar refractivity (Wildman–Crippen MR) is 119 cm³/mol. The number of methoxy groups -OCH3 is 1. The standard InChI is InChI=1S/C21H28N2O3S2/c1-3-4-13-22-19(24)8-6-5-7-14-23-20(25)18(28-21(23)27)15-16-9-11-17(26-2)12-10-16/h9-12,15H,3-8,13-14H2,1-2H3,(H,22,24). The first-order valence-electron chi connectivity index (χ1n) is 9.71. The minimum atomic E-state index is -0.0388. The molecule has 1 aliphatic heterocycles. The molecular weight excluding hydrogens is 392 g/mol. The number of nitrogens with one attached hydrogen (secondary N) is 1. The van der Waals surface area contributed by atoms with Gasteiger partial charge in [-0.25, -0.2) is 0 Å². The van der Waals surface area contributed by atoms with Gasteiger partial charge in [-0.3, -0.25) is 14.5 Å². The quantitative estimate of drug-likeness (QED) is 0.327. The second-order valence-corrected chi connectivity index (χ2v) is 8.30. The number of thiocarbonyl (C=S) groups is 1. The predicted octanol–water partition coefficient (Wildman–Crippen LogP) is 4.37. The fourth-order valence-electron chi connectivity index (χ4n) is 2.77. The molecule has 28 heavy (non-hydrogen) atoms. The minimum Gasteiger partial charge on any atom is -0.497 e. The van der Waals surface area contributed by atoms with E-state index in [0.717, 1.165) is 50.0 Å². The van der Waals surface area contributed by atoms with Gasteiger partial charge in [0.2, 0.25) is 5.91 Å². The summed E-state index contributed by atoms with van der Waals surface area (Å²) in [4.78, 5) is 26.6. The summed E-state index contributed by atoms with van der Waals surface area (Å²) < 4.78 is 5.75. The van der Waals surface area contributed by atoms with Crippen LogP contribution in [0, 0.1) is 0 Å². The maximum atomic E-state index is 12.6. The van der Waals surface area contributed by atoms with Crippen molar-refractivity contribution in [3.8, 4) is 5.75 Å². The first-order chi connectivity index (χ1) is 13.5. The number of nitrogens with zero attached hydrogens (tertiary/aromatic N) is 1. The summed E-state index contributed by atoms with van der Waals surface area (Å²) in [5.41, 5.74) is 0.940. The van der Waals surface area contributed by atoms with Crippen molar-refractivity contribution in [2.45, 2.75) is 45.4 Å². The Morgan fingerprint density at radius 2 is 1.96 bits per heavy atom. The van der Waals surface area contributed by atoms with E-state index in [1.165, 1.54) is 11.8 Å². The molecule has 1 N–H and O–H groups in total. The van der Waals surface area contributed by atoms with Crippen molar-refractivity contribution in [1.82, 2.24) is 10.2 Å². The summed E-state index contributed by atoms with van der Waals surface area (Å²) in [6, 6.07) is 7.56. The van der Waals surface area contributed by atoms with Gasteiger partial charge in [-0.15, -0.1) is 0 Å². The summed E-state index contributed by atoms with van der Waals surface area (Å²) in [6.07, 6.45) is 7.06. The Bertz CT molecular complexity index is 717. The molecule has 0 aromatic heterocycles. The van der Waals surface area contributed by atoms with Crippen LogP contribution in [0.2, 0.25) is 0 Å². The Morgan fingerprint density at radius 3 is 2.64 bits per heavy atom. The Labute approximate surface area is 176 Å².